The summed E-state index contributed by atoms with van der Waals surface area (Å²) in [6, 6.07) is 8.85. The van der Waals surface area contributed by atoms with Crippen molar-refractivity contribution in [2.45, 2.75) is 37.3 Å². The molecule has 0 radical (unpaired) electrons. The minimum Gasteiger partial charge on any atom is -0.0836 e. The topological polar surface area (TPSA) is 0 Å². The highest BCUT2D eigenvalue weighted by Gasteiger charge is 2.16. The van der Waals surface area contributed by atoms with Crippen molar-refractivity contribution in [3.8, 4) is 0 Å². The summed E-state index contributed by atoms with van der Waals surface area (Å²) in [6.45, 7) is 8.95. The van der Waals surface area contributed by atoms with Crippen molar-refractivity contribution in [1.29, 1.82) is 0 Å². The first-order chi connectivity index (χ1) is 7.43. The van der Waals surface area contributed by atoms with Gasteiger partial charge in [0.25, 0.3) is 0 Å². The maximum Gasteiger partial charge on any atom is 0.0418 e. The smallest absolute Gasteiger partial charge is 0.0418 e. The van der Waals surface area contributed by atoms with E-state index in [4.69, 9.17) is 0 Å². The lowest BCUT2D eigenvalue weighted by Gasteiger charge is -2.18. The molecular weight excluding hydrogens is 328 g/mol. The lowest BCUT2D eigenvalue weighted by Crippen LogP contribution is -2.02. The fourth-order valence-corrected chi connectivity index (χ4v) is 2.24. The van der Waals surface area contributed by atoms with E-state index in [1.54, 1.807) is 0 Å². The Bertz CT molecular complexity index is 302. The van der Waals surface area contributed by atoms with Crippen molar-refractivity contribution in [2.75, 3.05) is 0 Å². The van der Waals surface area contributed by atoms with Crippen LogP contribution in [0.15, 0.2) is 24.3 Å². The van der Waals surface area contributed by atoms with E-state index in [1.165, 1.54) is 11.1 Å². The van der Waals surface area contributed by atoms with Crippen molar-refractivity contribution in [3.05, 3.63) is 35.4 Å². The first-order valence-corrected chi connectivity index (χ1v) is 7.64. The van der Waals surface area contributed by atoms with Crippen LogP contribution in [0.5, 0.6) is 0 Å². The quantitative estimate of drug-likeness (QED) is 0.597. The van der Waals surface area contributed by atoms with Gasteiger partial charge in [0.2, 0.25) is 0 Å². The number of hydrogen-bond acceptors (Lipinski definition) is 0. The summed E-state index contributed by atoms with van der Waals surface area (Å²) in [4.78, 5) is 0.888. The van der Waals surface area contributed by atoms with E-state index in [0.29, 0.717) is 21.5 Å². The minimum absolute atomic E-state index is 0.444. The molecule has 0 aliphatic carbocycles. The van der Waals surface area contributed by atoms with Crippen LogP contribution in [0.4, 0.5) is 0 Å². The number of rotatable bonds is 4. The van der Waals surface area contributed by atoms with Gasteiger partial charge in [-0.15, -0.1) is 0 Å². The third kappa shape index (κ3) is 3.59. The summed E-state index contributed by atoms with van der Waals surface area (Å²) in [5, 5.41) is 0. The fraction of sp³-hybridized carbons (Fsp3) is 0.571. The lowest BCUT2D eigenvalue weighted by molar-refractivity contribution is 0.630. The summed E-state index contributed by atoms with van der Waals surface area (Å²) in [5.74, 6) is 1.23. The van der Waals surface area contributed by atoms with E-state index in [2.05, 4.69) is 83.8 Å². The van der Waals surface area contributed by atoms with Crippen molar-refractivity contribution in [2.24, 2.45) is 11.8 Å². The Morgan fingerprint density at radius 3 is 1.50 bits per heavy atom. The highest BCUT2D eigenvalue weighted by molar-refractivity contribution is 9.09. The van der Waals surface area contributed by atoms with Gasteiger partial charge in [0.1, 0.15) is 0 Å². The fourth-order valence-electron chi connectivity index (χ4n) is 1.67. The molecular formula is C14H20Br2. The van der Waals surface area contributed by atoms with Gasteiger partial charge in [-0.25, -0.2) is 0 Å². The first-order valence-electron chi connectivity index (χ1n) is 5.81. The Kier molecular flexibility index (Phi) is 5.52. The third-order valence-electron chi connectivity index (χ3n) is 2.72. The van der Waals surface area contributed by atoms with Crippen LogP contribution in [-0.4, -0.2) is 0 Å². The van der Waals surface area contributed by atoms with Crippen LogP contribution in [0.2, 0.25) is 0 Å². The maximum absolute atomic E-state index is 3.76. The van der Waals surface area contributed by atoms with Gasteiger partial charge in [0, 0.05) is 9.65 Å². The van der Waals surface area contributed by atoms with E-state index in [0.717, 1.165) is 0 Å². The molecule has 0 heterocycles. The second-order valence-corrected chi connectivity index (χ2v) is 6.93. The average molecular weight is 348 g/mol. The van der Waals surface area contributed by atoms with Gasteiger partial charge in [0.15, 0.2) is 0 Å². The summed E-state index contributed by atoms with van der Waals surface area (Å²) in [5.41, 5.74) is 2.75. The zero-order valence-corrected chi connectivity index (χ0v) is 13.5. The minimum atomic E-state index is 0.444. The molecule has 0 spiro atoms. The molecule has 1 aromatic rings. The molecule has 16 heavy (non-hydrogen) atoms. The SMILES string of the molecule is CC(C)C(Br)c1cccc(C(Br)C(C)C)c1. The Balaban J connectivity index is 2.95. The van der Waals surface area contributed by atoms with E-state index in [-0.39, 0.29) is 0 Å². The molecule has 2 unspecified atom stereocenters. The summed E-state index contributed by atoms with van der Waals surface area (Å²) in [6.07, 6.45) is 0. The third-order valence-corrected chi connectivity index (χ3v) is 5.89. The number of hydrogen-bond donors (Lipinski definition) is 0. The predicted molar refractivity (Wildman–Crippen MR) is 79.5 cm³/mol. The second-order valence-electron chi connectivity index (χ2n) is 4.96. The summed E-state index contributed by atoms with van der Waals surface area (Å²) < 4.78 is 0. The van der Waals surface area contributed by atoms with Crippen LogP contribution in [0.3, 0.4) is 0 Å². The van der Waals surface area contributed by atoms with E-state index in [1.807, 2.05) is 0 Å². The summed E-state index contributed by atoms with van der Waals surface area (Å²) >= 11 is 7.51. The number of alkyl halides is 2. The van der Waals surface area contributed by atoms with Crippen molar-refractivity contribution >= 4 is 31.9 Å². The molecule has 0 saturated heterocycles. The largest absolute Gasteiger partial charge is 0.0836 e. The average Bonchev–Trinajstić information content (AvgIpc) is 2.26. The van der Waals surface area contributed by atoms with E-state index >= 15 is 0 Å². The molecule has 1 aromatic carbocycles. The molecule has 0 aromatic heterocycles. The van der Waals surface area contributed by atoms with E-state index in [9.17, 15) is 0 Å². The van der Waals surface area contributed by atoms with Crippen LogP contribution in [-0.2, 0) is 0 Å². The predicted octanol–water partition coefficient (Wildman–Crippen LogP) is 5.87. The van der Waals surface area contributed by atoms with Crippen LogP contribution in [0.1, 0.15) is 48.5 Å². The van der Waals surface area contributed by atoms with Crippen LogP contribution >= 0.6 is 31.9 Å². The second kappa shape index (κ2) is 6.20. The van der Waals surface area contributed by atoms with Crippen molar-refractivity contribution < 1.29 is 0 Å². The molecule has 90 valence electrons. The van der Waals surface area contributed by atoms with Gasteiger partial charge in [-0.05, 0) is 23.0 Å². The summed E-state index contributed by atoms with van der Waals surface area (Å²) in [7, 11) is 0. The Morgan fingerprint density at radius 2 is 1.19 bits per heavy atom. The van der Waals surface area contributed by atoms with Gasteiger partial charge in [-0.2, -0.15) is 0 Å². The van der Waals surface area contributed by atoms with Gasteiger partial charge >= 0.3 is 0 Å². The zero-order valence-electron chi connectivity index (χ0n) is 10.4. The molecule has 0 aliphatic rings. The van der Waals surface area contributed by atoms with Crippen LogP contribution in [0.25, 0.3) is 0 Å². The Hall–Kier alpha value is 0.180. The van der Waals surface area contributed by atoms with E-state index < -0.39 is 0 Å². The number of benzene rings is 1. The van der Waals surface area contributed by atoms with Gasteiger partial charge in [-0.1, -0.05) is 83.8 Å². The molecule has 1 rings (SSSR count). The Labute approximate surface area is 116 Å². The van der Waals surface area contributed by atoms with Crippen LogP contribution in [0, 0.1) is 11.8 Å². The number of halogens is 2. The standard InChI is InChI=1S/C14H20Br2/c1-9(2)13(15)11-6-5-7-12(8-11)14(16)10(3)4/h5-10,13-14H,1-4H3. The molecule has 0 bridgehead atoms. The molecule has 0 saturated carbocycles. The molecule has 2 atom stereocenters. The van der Waals surface area contributed by atoms with Gasteiger partial charge in [-0.3, -0.25) is 0 Å². The molecule has 0 nitrogen and oxygen atoms in total. The Morgan fingerprint density at radius 1 is 0.812 bits per heavy atom. The molecule has 2 heteroatoms. The van der Waals surface area contributed by atoms with Crippen LogP contribution < -0.4 is 0 Å². The lowest BCUT2D eigenvalue weighted by atomic mass is 9.97. The highest BCUT2D eigenvalue weighted by atomic mass is 79.9. The molecule has 0 N–H and O–H groups in total. The monoisotopic (exact) mass is 346 g/mol. The molecule has 0 amide bonds. The normalized spacial score (nSPS) is 15.5. The van der Waals surface area contributed by atoms with Gasteiger partial charge in [0.05, 0.1) is 0 Å². The molecule has 0 aliphatic heterocycles. The van der Waals surface area contributed by atoms with Crippen molar-refractivity contribution in [3.63, 3.8) is 0 Å². The molecule has 0 fully saturated rings. The maximum atomic E-state index is 3.76. The van der Waals surface area contributed by atoms with Gasteiger partial charge < -0.3 is 0 Å². The van der Waals surface area contributed by atoms with Crippen molar-refractivity contribution in [1.82, 2.24) is 0 Å². The highest BCUT2D eigenvalue weighted by Crippen LogP contribution is 2.35. The first kappa shape index (κ1) is 14.2. The zero-order chi connectivity index (χ0) is 12.3.